The van der Waals surface area contributed by atoms with Gasteiger partial charge >= 0.3 is 5.97 Å². The second-order valence-electron chi connectivity index (χ2n) is 5.90. The molecule has 4 unspecified atom stereocenters. The smallest absolute Gasteiger partial charge is 0.307 e. The predicted octanol–water partition coefficient (Wildman–Crippen LogP) is 2.55. The Kier molecular flexibility index (Phi) is 3.88. The normalized spacial score (nSPS) is 29.1. The first-order valence-corrected chi connectivity index (χ1v) is 7.46. The third-order valence-electron chi connectivity index (χ3n) is 4.67. The van der Waals surface area contributed by atoms with E-state index in [1.54, 1.807) is 31.4 Å². The molecular formula is C17H19NO4. The molecule has 22 heavy (non-hydrogen) atoms. The van der Waals surface area contributed by atoms with Crippen LogP contribution < -0.4 is 10.1 Å². The summed E-state index contributed by atoms with van der Waals surface area (Å²) in [6, 6.07) is 7.08. The van der Waals surface area contributed by atoms with Crippen LogP contribution in [0.2, 0.25) is 0 Å². The van der Waals surface area contributed by atoms with Crippen LogP contribution in [0.25, 0.3) is 0 Å². The van der Waals surface area contributed by atoms with Gasteiger partial charge in [0.15, 0.2) is 0 Å². The van der Waals surface area contributed by atoms with Gasteiger partial charge in [0.25, 0.3) is 0 Å². The molecule has 3 aliphatic carbocycles. The van der Waals surface area contributed by atoms with Gasteiger partial charge in [0.1, 0.15) is 5.75 Å². The van der Waals surface area contributed by atoms with Gasteiger partial charge in [-0.15, -0.1) is 0 Å². The second-order valence-corrected chi connectivity index (χ2v) is 5.90. The van der Waals surface area contributed by atoms with Crippen LogP contribution in [0.1, 0.15) is 12.8 Å². The molecular weight excluding hydrogens is 282 g/mol. The van der Waals surface area contributed by atoms with Gasteiger partial charge in [-0.1, -0.05) is 18.2 Å². The fourth-order valence-corrected chi connectivity index (χ4v) is 3.61. The van der Waals surface area contributed by atoms with Crippen LogP contribution in [0.5, 0.6) is 5.75 Å². The van der Waals surface area contributed by atoms with Crippen molar-refractivity contribution in [2.24, 2.45) is 23.7 Å². The van der Waals surface area contributed by atoms with E-state index in [9.17, 15) is 14.7 Å². The van der Waals surface area contributed by atoms with Crippen molar-refractivity contribution in [2.75, 3.05) is 12.4 Å². The molecule has 2 N–H and O–H groups in total. The molecule has 1 aromatic rings. The Labute approximate surface area is 129 Å². The molecule has 1 amide bonds. The Morgan fingerprint density at radius 3 is 2.45 bits per heavy atom. The fourth-order valence-electron chi connectivity index (χ4n) is 3.61. The number of hydrogen-bond acceptors (Lipinski definition) is 3. The number of rotatable bonds is 4. The Bertz CT molecular complexity index is 625. The molecule has 0 radical (unpaired) electrons. The number of carboxylic acid groups (broad SMARTS) is 1. The molecule has 0 saturated heterocycles. The van der Waals surface area contributed by atoms with Gasteiger partial charge in [0.2, 0.25) is 5.91 Å². The third-order valence-corrected chi connectivity index (χ3v) is 4.67. The van der Waals surface area contributed by atoms with Gasteiger partial charge in [-0.2, -0.15) is 0 Å². The average Bonchev–Trinajstić information content (AvgIpc) is 2.55. The zero-order valence-electron chi connectivity index (χ0n) is 12.4. The Balaban J connectivity index is 1.81. The quantitative estimate of drug-likeness (QED) is 0.838. The van der Waals surface area contributed by atoms with Crippen LogP contribution in [-0.2, 0) is 9.59 Å². The number of carboxylic acids is 1. The number of hydrogen-bond donors (Lipinski definition) is 2. The van der Waals surface area contributed by atoms with E-state index >= 15 is 0 Å². The van der Waals surface area contributed by atoms with Gasteiger partial charge in [0.05, 0.1) is 18.9 Å². The molecule has 2 bridgehead atoms. The van der Waals surface area contributed by atoms with E-state index in [-0.39, 0.29) is 17.7 Å². The first-order chi connectivity index (χ1) is 10.6. The molecule has 0 spiro atoms. The van der Waals surface area contributed by atoms with Crippen molar-refractivity contribution in [2.45, 2.75) is 12.8 Å². The lowest BCUT2D eigenvalue weighted by Crippen LogP contribution is -2.47. The van der Waals surface area contributed by atoms with Gasteiger partial charge < -0.3 is 15.2 Å². The number of aliphatic carboxylic acids is 1. The first-order valence-electron chi connectivity index (χ1n) is 7.46. The average molecular weight is 301 g/mol. The van der Waals surface area contributed by atoms with Gasteiger partial charge in [-0.05, 0) is 36.8 Å². The van der Waals surface area contributed by atoms with Crippen molar-refractivity contribution >= 4 is 17.6 Å². The molecule has 0 aliphatic heterocycles. The minimum absolute atomic E-state index is 0.0108. The molecule has 5 nitrogen and oxygen atoms in total. The highest BCUT2D eigenvalue weighted by Gasteiger charge is 2.48. The highest BCUT2D eigenvalue weighted by atomic mass is 16.5. The van der Waals surface area contributed by atoms with Crippen LogP contribution in [0.15, 0.2) is 36.4 Å². The van der Waals surface area contributed by atoms with Crippen LogP contribution in [0, 0.1) is 23.7 Å². The van der Waals surface area contributed by atoms with E-state index in [0.717, 1.165) is 12.8 Å². The highest BCUT2D eigenvalue weighted by molar-refractivity contribution is 5.96. The topological polar surface area (TPSA) is 75.6 Å². The molecule has 3 aliphatic rings. The van der Waals surface area contributed by atoms with E-state index < -0.39 is 17.8 Å². The van der Waals surface area contributed by atoms with Gasteiger partial charge in [-0.3, -0.25) is 9.59 Å². The van der Waals surface area contributed by atoms with Crippen molar-refractivity contribution in [3.8, 4) is 5.75 Å². The number of anilines is 1. The number of nitrogens with one attached hydrogen (secondary N) is 1. The summed E-state index contributed by atoms with van der Waals surface area (Å²) in [6.07, 6.45) is 5.69. The molecule has 1 saturated carbocycles. The molecule has 4 rings (SSSR count). The summed E-state index contributed by atoms with van der Waals surface area (Å²) in [4.78, 5) is 24.2. The molecule has 1 fully saturated rings. The first kappa shape index (κ1) is 14.6. The Hall–Kier alpha value is -2.30. The van der Waals surface area contributed by atoms with E-state index in [1.807, 2.05) is 12.2 Å². The highest BCUT2D eigenvalue weighted by Crippen LogP contribution is 2.45. The van der Waals surface area contributed by atoms with Crippen molar-refractivity contribution in [1.82, 2.24) is 0 Å². The zero-order valence-corrected chi connectivity index (χ0v) is 12.4. The zero-order chi connectivity index (χ0) is 15.7. The number of carbonyl (C=O) groups is 2. The number of carbonyl (C=O) groups excluding carboxylic acids is 1. The van der Waals surface area contributed by atoms with Gasteiger partial charge in [-0.25, -0.2) is 0 Å². The van der Waals surface area contributed by atoms with Crippen molar-refractivity contribution in [3.05, 3.63) is 36.4 Å². The standard InChI is InChI=1S/C17H19NO4/c1-22-13-4-2-3-12(9-13)18-16(19)14-10-5-7-11(8-6-10)15(14)17(20)21/h2-5,7,9-11,14-15H,6,8H2,1H3,(H,18,19)(H,20,21). The van der Waals surface area contributed by atoms with Crippen LogP contribution in [-0.4, -0.2) is 24.1 Å². The number of fused-ring (bicyclic) bond motifs is 2. The van der Waals surface area contributed by atoms with E-state index in [2.05, 4.69) is 5.32 Å². The minimum atomic E-state index is -0.884. The summed E-state index contributed by atoms with van der Waals surface area (Å²) >= 11 is 0. The number of benzene rings is 1. The monoisotopic (exact) mass is 301 g/mol. The fraction of sp³-hybridized carbons (Fsp3) is 0.412. The van der Waals surface area contributed by atoms with Crippen LogP contribution >= 0.6 is 0 Å². The van der Waals surface area contributed by atoms with E-state index in [4.69, 9.17) is 4.74 Å². The van der Waals surface area contributed by atoms with Crippen LogP contribution in [0.4, 0.5) is 5.69 Å². The van der Waals surface area contributed by atoms with Gasteiger partial charge in [0, 0.05) is 11.8 Å². The minimum Gasteiger partial charge on any atom is -0.497 e. The third kappa shape index (κ3) is 2.58. The molecule has 0 heterocycles. The summed E-state index contributed by atoms with van der Waals surface area (Å²) in [7, 11) is 1.56. The largest absolute Gasteiger partial charge is 0.497 e. The summed E-state index contributed by atoms with van der Waals surface area (Å²) in [5.41, 5.74) is 0.624. The molecule has 4 atom stereocenters. The molecule has 116 valence electrons. The number of ether oxygens (including phenoxy) is 1. The summed E-state index contributed by atoms with van der Waals surface area (Å²) in [5, 5.41) is 12.3. The summed E-state index contributed by atoms with van der Waals surface area (Å²) in [6.45, 7) is 0. The lowest BCUT2D eigenvalue weighted by molar-refractivity contribution is -0.151. The SMILES string of the molecule is COc1cccc(NC(=O)C2C3C=CC(CC3)C2C(=O)O)c1. The number of allylic oxidation sites excluding steroid dienone is 2. The summed E-state index contributed by atoms with van der Waals surface area (Å²) in [5.74, 6) is -1.62. The van der Waals surface area contributed by atoms with Crippen molar-refractivity contribution in [3.63, 3.8) is 0 Å². The predicted molar refractivity (Wildman–Crippen MR) is 81.6 cm³/mol. The van der Waals surface area contributed by atoms with Crippen LogP contribution in [0.3, 0.4) is 0 Å². The van der Waals surface area contributed by atoms with Crippen molar-refractivity contribution in [1.29, 1.82) is 0 Å². The number of methoxy groups -OCH3 is 1. The van der Waals surface area contributed by atoms with E-state index in [1.165, 1.54) is 0 Å². The Morgan fingerprint density at radius 2 is 1.86 bits per heavy atom. The molecule has 5 heteroatoms. The van der Waals surface area contributed by atoms with E-state index in [0.29, 0.717) is 11.4 Å². The maximum Gasteiger partial charge on any atom is 0.307 e. The van der Waals surface area contributed by atoms with Crippen molar-refractivity contribution < 1.29 is 19.4 Å². The number of amides is 1. The maximum atomic E-state index is 12.6. The lowest BCUT2D eigenvalue weighted by atomic mass is 9.62. The lowest BCUT2D eigenvalue weighted by Gasteiger charge is -2.41. The second kappa shape index (κ2) is 5.83. The molecule has 1 aromatic carbocycles. The Morgan fingerprint density at radius 1 is 1.18 bits per heavy atom. The summed E-state index contributed by atoms with van der Waals surface area (Å²) < 4.78 is 5.13. The molecule has 0 aromatic heterocycles. The maximum absolute atomic E-state index is 12.6.